The van der Waals surface area contributed by atoms with Crippen LogP contribution in [-0.2, 0) is 14.3 Å². The first-order valence-electron chi connectivity index (χ1n) is 9.53. The summed E-state index contributed by atoms with van der Waals surface area (Å²) in [6.45, 7) is 10.3. The standard InChI is InChI=1S/C20H36O4/c1-14-8-6-10-15(2)18(22)16(3)19(23)20(4,5)12-11-17(21)24-13-7-9-14/h14-16,18,22H,6-13H2,1-5H3/t14?,15-,16+,18-/m0/s1. The lowest BCUT2D eigenvalue weighted by molar-refractivity contribution is -0.145. The summed E-state index contributed by atoms with van der Waals surface area (Å²) >= 11 is 0. The second kappa shape index (κ2) is 9.55. The number of hydrogen-bond donors (Lipinski definition) is 1. The van der Waals surface area contributed by atoms with Crippen LogP contribution in [0.4, 0.5) is 0 Å². The molecule has 0 saturated carbocycles. The van der Waals surface area contributed by atoms with Crippen molar-refractivity contribution in [2.45, 2.75) is 85.7 Å². The van der Waals surface area contributed by atoms with Gasteiger partial charge < -0.3 is 9.84 Å². The van der Waals surface area contributed by atoms with Crippen molar-refractivity contribution in [3.8, 4) is 0 Å². The van der Waals surface area contributed by atoms with E-state index in [1.165, 1.54) is 0 Å². The molecule has 4 nitrogen and oxygen atoms in total. The summed E-state index contributed by atoms with van der Waals surface area (Å²) in [6.07, 6.45) is 5.17. The molecule has 0 amide bonds. The number of esters is 1. The van der Waals surface area contributed by atoms with Crippen molar-refractivity contribution in [3.05, 3.63) is 0 Å². The summed E-state index contributed by atoms with van der Waals surface area (Å²) in [5.41, 5.74) is -0.620. The summed E-state index contributed by atoms with van der Waals surface area (Å²) in [5, 5.41) is 10.6. The van der Waals surface area contributed by atoms with Crippen LogP contribution in [0, 0.1) is 23.2 Å². The van der Waals surface area contributed by atoms with Gasteiger partial charge in [0.2, 0.25) is 0 Å². The zero-order valence-corrected chi connectivity index (χ0v) is 16.1. The topological polar surface area (TPSA) is 63.6 Å². The number of aliphatic hydroxyl groups is 1. The molecule has 0 aromatic rings. The molecule has 1 unspecified atom stereocenters. The maximum absolute atomic E-state index is 12.8. The largest absolute Gasteiger partial charge is 0.466 e. The molecule has 0 bridgehead atoms. The molecule has 4 atom stereocenters. The fourth-order valence-corrected chi connectivity index (χ4v) is 3.60. The highest BCUT2D eigenvalue weighted by molar-refractivity contribution is 5.87. The molecule has 0 aliphatic carbocycles. The maximum atomic E-state index is 12.8. The molecule has 1 N–H and O–H groups in total. The first-order chi connectivity index (χ1) is 11.1. The highest BCUT2D eigenvalue weighted by Gasteiger charge is 2.36. The molecule has 4 heteroatoms. The van der Waals surface area contributed by atoms with Gasteiger partial charge in [0.25, 0.3) is 0 Å². The number of ether oxygens (including phenoxy) is 1. The lowest BCUT2D eigenvalue weighted by atomic mass is 9.74. The van der Waals surface area contributed by atoms with E-state index in [4.69, 9.17) is 4.74 Å². The van der Waals surface area contributed by atoms with Gasteiger partial charge in [0.05, 0.1) is 12.7 Å². The molecular weight excluding hydrogens is 304 g/mol. The summed E-state index contributed by atoms with van der Waals surface area (Å²) in [7, 11) is 0. The third kappa shape index (κ3) is 6.54. The molecule has 1 heterocycles. The molecule has 0 aromatic heterocycles. The minimum Gasteiger partial charge on any atom is -0.466 e. The van der Waals surface area contributed by atoms with Crippen molar-refractivity contribution in [2.75, 3.05) is 6.61 Å². The quantitative estimate of drug-likeness (QED) is 0.673. The number of cyclic esters (lactones) is 1. The molecular formula is C20H36O4. The van der Waals surface area contributed by atoms with Gasteiger partial charge in [-0.1, -0.05) is 47.5 Å². The number of hydrogen-bond acceptors (Lipinski definition) is 4. The number of rotatable bonds is 0. The van der Waals surface area contributed by atoms with Crippen molar-refractivity contribution >= 4 is 11.8 Å². The molecule has 1 fully saturated rings. The van der Waals surface area contributed by atoms with Crippen molar-refractivity contribution < 1.29 is 19.4 Å². The summed E-state index contributed by atoms with van der Waals surface area (Å²) in [6, 6.07) is 0. The van der Waals surface area contributed by atoms with E-state index in [0.29, 0.717) is 18.9 Å². The predicted octanol–water partition coefficient (Wildman–Crippen LogP) is 4.14. The summed E-state index contributed by atoms with van der Waals surface area (Å²) in [5.74, 6) is 0.118. The Morgan fingerprint density at radius 2 is 1.67 bits per heavy atom. The third-order valence-electron chi connectivity index (χ3n) is 5.59. The second-order valence-corrected chi connectivity index (χ2v) is 8.40. The molecule has 0 aromatic carbocycles. The average molecular weight is 341 g/mol. The number of ketones is 1. The Labute approximate surface area is 147 Å². The van der Waals surface area contributed by atoms with Gasteiger partial charge in [-0.2, -0.15) is 0 Å². The van der Waals surface area contributed by atoms with Crippen LogP contribution in [0.1, 0.15) is 79.6 Å². The van der Waals surface area contributed by atoms with Gasteiger partial charge in [-0.05, 0) is 37.5 Å². The first-order valence-corrected chi connectivity index (χ1v) is 9.53. The van der Waals surface area contributed by atoms with E-state index in [0.717, 1.165) is 32.1 Å². The molecule has 1 aliphatic rings. The van der Waals surface area contributed by atoms with E-state index < -0.39 is 17.4 Å². The first kappa shape index (κ1) is 21.1. The molecule has 1 saturated heterocycles. The van der Waals surface area contributed by atoms with Crippen LogP contribution >= 0.6 is 0 Å². The highest BCUT2D eigenvalue weighted by atomic mass is 16.5. The molecule has 0 spiro atoms. The average Bonchev–Trinajstić information content (AvgIpc) is 2.54. The Hall–Kier alpha value is -0.900. The van der Waals surface area contributed by atoms with Crippen LogP contribution in [0.25, 0.3) is 0 Å². The van der Waals surface area contributed by atoms with Crippen LogP contribution in [0.15, 0.2) is 0 Å². The molecule has 0 radical (unpaired) electrons. The normalized spacial score (nSPS) is 34.6. The van der Waals surface area contributed by atoms with Crippen molar-refractivity contribution in [1.29, 1.82) is 0 Å². The number of aliphatic hydroxyl groups excluding tert-OH is 1. The van der Waals surface area contributed by atoms with E-state index in [1.807, 2.05) is 27.7 Å². The second-order valence-electron chi connectivity index (χ2n) is 8.40. The van der Waals surface area contributed by atoms with Crippen molar-refractivity contribution in [2.24, 2.45) is 23.2 Å². The Balaban J connectivity index is 2.79. The fourth-order valence-electron chi connectivity index (χ4n) is 3.60. The van der Waals surface area contributed by atoms with Crippen LogP contribution in [0.5, 0.6) is 0 Å². The lowest BCUT2D eigenvalue weighted by Crippen LogP contribution is -2.39. The molecule has 1 aliphatic heterocycles. The zero-order valence-electron chi connectivity index (χ0n) is 16.1. The van der Waals surface area contributed by atoms with Crippen molar-refractivity contribution in [1.82, 2.24) is 0 Å². The van der Waals surface area contributed by atoms with Gasteiger partial charge in [0, 0.05) is 17.8 Å². The summed E-state index contributed by atoms with van der Waals surface area (Å²) < 4.78 is 5.29. The van der Waals surface area contributed by atoms with E-state index in [1.54, 1.807) is 0 Å². The van der Waals surface area contributed by atoms with E-state index >= 15 is 0 Å². The number of Topliss-reactive ketones (excluding diaryl/α,β-unsaturated/α-hetero) is 1. The molecule has 140 valence electrons. The van der Waals surface area contributed by atoms with Gasteiger partial charge in [-0.25, -0.2) is 0 Å². The van der Waals surface area contributed by atoms with Crippen molar-refractivity contribution in [3.63, 3.8) is 0 Å². The predicted molar refractivity (Wildman–Crippen MR) is 95.6 cm³/mol. The van der Waals surface area contributed by atoms with Gasteiger partial charge in [0.15, 0.2) is 0 Å². The van der Waals surface area contributed by atoms with Gasteiger partial charge >= 0.3 is 5.97 Å². The third-order valence-corrected chi connectivity index (χ3v) is 5.59. The molecule has 1 rings (SSSR count). The van der Waals surface area contributed by atoms with Crippen LogP contribution < -0.4 is 0 Å². The Bertz CT molecular complexity index is 416. The Morgan fingerprint density at radius 3 is 2.33 bits per heavy atom. The molecule has 24 heavy (non-hydrogen) atoms. The Morgan fingerprint density at radius 1 is 1.04 bits per heavy atom. The van der Waals surface area contributed by atoms with Gasteiger partial charge in [-0.3, -0.25) is 9.59 Å². The number of carbonyl (C=O) groups excluding carboxylic acids is 2. The zero-order chi connectivity index (χ0) is 18.3. The fraction of sp³-hybridized carbons (Fsp3) is 0.900. The SMILES string of the molecule is CC1CCCOC(=O)CCC(C)(C)C(=O)[C@H](C)[C@@H](O)[C@@H](C)CCC1. The highest BCUT2D eigenvalue weighted by Crippen LogP contribution is 2.31. The Kier molecular flexibility index (Phi) is 8.41. The lowest BCUT2D eigenvalue weighted by Gasteiger charge is -2.31. The van der Waals surface area contributed by atoms with E-state index in [9.17, 15) is 14.7 Å². The number of carbonyl (C=O) groups is 2. The van der Waals surface area contributed by atoms with Crippen LogP contribution in [-0.4, -0.2) is 29.6 Å². The maximum Gasteiger partial charge on any atom is 0.305 e. The monoisotopic (exact) mass is 340 g/mol. The minimum atomic E-state index is -0.620. The van der Waals surface area contributed by atoms with E-state index in [2.05, 4.69) is 6.92 Å². The van der Waals surface area contributed by atoms with Gasteiger partial charge in [0.1, 0.15) is 5.78 Å². The van der Waals surface area contributed by atoms with Crippen LogP contribution in [0.2, 0.25) is 0 Å². The smallest absolute Gasteiger partial charge is 0.305 e. The van der Waals surface area contributed by atoms with Crippen LogP contribution in [0.3, 0.4) is 0 Å². The van der Waals surface area contributed by atoms with Gasteiger partial charge in [-0.15, -0.1) is 0 Å². The summed E-state index contributed by atoms with van der Waals surface area (Å²) in [4.78, 5) is 24.6. The van der Waals surface area contributed by atoms with E-state index in [-0.39, 0.29) is 24.1 Å². The minimum absolute atomic E-state index is 0.0371.